The first-order valence-electron chi connectivity index (χ1n) is 8.76. The summed E-state index contributed by atoms with van der Waals surface area (Å²) in [7, 11) is 0. The summed E-state index contributed by atoms with van der Waals surface area (Å²) in [5, 5.41) is 5.67. The molecular formula is C22H26. The lowest BCUT2D eigenvalue weighted by Crippen LogP contribution is -1.90. The Kier molecular flexibility index (Phi) is 4.77. The maximum atomic E-state index is 2.45. The molecule has 0 bridgehead atoms. The minimum absolute atomic E-state index is 1.19. The molecule has 22 heavy (non-hydrogen) atoms. The van der Waals surface area contributed by atoms with Gasteiger partial charge >= 0.3 is 0 Å². The molecule has 0 atom stereocenters. The zero-order valence-corrected chi connectivity index (χ0v) is 13.9. The van der Waals surface area contributed by atoms with Gasteiger partial charge in [0.1, 0.15) is 0 Å². The van der Waals surface area contributed by atoms with Gasteiger partial charge in [-0.3, -0.25) is 0 Å². The fourth-order valence-corrected chi connectivity index (χ4v) is 3.35. The van der Waals surface area contributed by atoms with Crippen molar-refractivity contribution in [1.82, 2.24) is 0 Å². The average molecular weight is 290 g/mol. The Balaban J connectivity index is 2.15. The third-order valence-electron chi connectivity index (χ3n) is 4.66. The molecule has 0 aliphatic rings. The molecule has 0 heteroatoms. The molecule has 3 aromatic carbocycles. The summed E-state index contributed by atoms with van der Waals surface area (Å²) in [6.07, 6.45) is 7.44. The Bertz CT molecular complexity index is 704. The van der Waals surface area contributed by atoms with E-state index >= 15 is 0 Å². The second-order valence-corrected chi connectivity index (χ2v) is 6.34. The lowest BCUT2D eigenvalue weighted by atomic mass is 9.94. The van der Waals surface area contributed by atoms with Gasteiger partial charge in [-0.05, 0) is 70.5 Å². The normalized spacial score (nSPS) is 11.4. The lowest BCUT2D eigenvalue weighted by Gasteiger charge is -2.11. The number of hydrogen-bond acceptors (Lipinski definition) is 0. The van der Waals surface area contributed by atoms with Gasteiger partial charge in [0.25, 0.3) is 0 Å². The first-order valence-corrected chi connectivity index (χ1v) is 8.76. The summed E-state index contributed by atoms with van der Waals surface area (Å²) < 4.78 is 0. The number of aryl methyl sites for hydroxylation is 2. The number of unbranched alkanes of at least 4 members (excludes halogenated alkanes) is 2. The van der Waals surface area contributed by atoms with Crippen LogP contribution in [0.25, 0.3) is 21.5 Å². The molecule has 0 amide bonds. The highest BCUT2D eigenvalue weighted by Crippen LogP contribution is 2.29. The molecule has 0 aliphatic heterocycles. The van der Waals surface area contributed by atoms with Gasteiger partial charge < -0.3 is 0 Å². The second kappa shape index (κ2) is 6.96. The molecule has 0 saturated heterocycles. The van der Waals surface area contributed by atoms with E-state index < -0.39 is 0 Å². The Morgan fingerprint density at radius 2 is 1.14 bits per heavy atom. The van der Waals surface area contributed by atoms with Crippen LogP contribution >= 0.6 is 0 Å². The van der Waals surface area contributed by atoms with Gasteiger partial charge in [-0.1, -0.05) is 63.1 Å². The Morgan fingerprint density at radius 3 is 1.59 bits per heavy atom. The molecule has 3 rings (SSSR count). The highest BCUT2D eigenvalue weighted by Gasteiger charge is 2.06. The fraction of sp³-hybridized carbons (Fsp3) is 0.364. The summed E-state index contributed by atoms with van der Waals surface area (Å²) in [6.45, 7) is 4.53. The number of hydrogen-bond donors (Lipinski definition) is 0. The van der Waals surface area contributed by atoms with Gasteiger partial charge in [0.15, 0.2) is 0 Å². The highest BCUT2D eigenvalue weighted by atomic mass is 14.1. The quantitative estimate of drug-likeness (QED) is 0.444. The van der Waals surface area contributed by atoms with E-state index in [0.717, 1.165) is 0 Å². The predicted octanol–water partition coefficient (Wildman–Crippen LogP) is 6.68. The van der Waals surface area contributed by atoms with Gasteiger partial charge in [0.2, 0.25) is 0 Å². The smallest absolute Gasteiger partial charge is 0.0145 e. The summed E-state index contributed by atoms with van der Waals surface area (Å²) in [5.74, 6) is 0. The van der Waals surface area contributed by atoms with Crippen LogP contribution < -0.4 is 0 Å². The van der Waals surface area contributed by atoms with Crippen molar-refractivity contribution in [2.45, 2.75) is 52.4 Å². The topological polar surface area (TPSA) is 0 Å². The molecule has 0 aromatic heterocycles. The predicted molar refractivity (Wildman–Crippen MR) is 98.7 cm³/mol. The van der Waals surface area contributed by atoms with Crippen molar-refractivity contribution in [1.29, 1.82) is 0 Å². The molecule has 114 valence electrons. The Labute approximate surface area is 134 Å². The van der Waals surface area contributed by atoms with Crippen LogP contribution in [0.15, 0.2) is 48.5 Å². The molecule has 0 heterocycles. The van der Waals surface area contributed by atoms with E-state index in [2.05, 4.69) is 62.4 Å². The van der Waals surface area contributed by atoms with Crippen molar-refractivity contribution < 1.29 is 0 Å². The monoisotopic (exact) mass is 290 g/mol. The van der Waals surface area contributed by atoms with Gasteiger partial charge in [-0.2, -0.15) is 0 Å². The van der Waals surface area contributed by atoms with Gasteiger partial charge in [-0.15, -0.1) is 0 Å². The number of rotatable bonds is 6. The van der Waals surface area contributed by atoms with E-state index in [1.165, 1.54) is 71.2 Å². The number of benzene rings is 3. The summed E-state index contributed by atoms with van der Waals surface area (Å²) in [6, 6.07) is 18.3. The molecule has 0 nitrogen and oxygen atoms in total. The second-order valence-electron chi connectivity index (χ2n) is 6.34. The van der Waals surface area contributed by atoms with Crippen LogP contribution in [0.2, 0.25) is 0 Å². The molecule has 0 unspecified atom stereocenters. The van der Waals surface area contributed by atoms with Crippen molar-refractivity contribution in [3.8, 4) is 0 Å². The molecule has 0 aliphatic carbocycles. The summed E-state index contributed by atoms with van der Waals surface area (Å²) in [4.78, 5) is 0. The maximum absolute atomic E-state index is 2.45. The van der Waals surface area contributed by atoms with Crippen LogP contribution in [-0.4, -0.2) is 0 Å². The summed E-state index contributed by atoms with van der Waals surface area (Å²) >= 11 is 0. The van der Waals surface area contributed by atoms with E-state index in [-0.39, 0.29) is 0 Å². The van der Waals surface area contributed by atoms with E-state index in [1.54, 1.807) is 0 Å². The third kappa shape index (κ3) is 3.02. The SMILES string of the molecule is CCCCc1cccc2cc3cccc(CCCC)c3cc12. The minimum atomic E-state index is 1.19. The Hall–Kier alpha value is -1.82. The van der Waals surface area contributed by atoms with Crippen molar-refractivity contribution in [2.24, 2.45) is 0 Å². The molecule has 0 radical (unpaired) electrons. The van der Waals surface area contributed by atoms with Crippen molar-refractivity contribution >= 4 is 21.5 Å². The molecule has 0 spiro atoms. The standard InChI is InChI=1S/C22H26/c1-3-5-9-17-11-7-13-19-15-20-14-8-12-18(10-6-4-2)22(20)16-21(17)19/h7-8,11-16H,3-6,9-10H2,1-2H3. The highest BCUT2D eigenvalue weighted by molar-refractivity contribution is 6.00. The maximum Gasteiger partial charge on any atom is -0.0145 e. The average Bonchev–Trinajstić information content (AvgIpc) is 2.56. The van der Waals surface area contributed by atoms with Crippen molar-refractivity contribution in [3.63, 3.8) is 0 Å². The zero-order chi connectivity index (χ0) is 15.4. The van der Waals surface area contributed by atoms with Crippen molar-refractivity contribution in [2.75, 3.05) is 0 Å². The van der Waals surface area contributed by atoms with Crippen LogP contribution in [0.5, 0.6) is 0 Å². The van der Waals surface area contributed by atoms with Crippen molar-refractivity contribution in [3.05, 3.63) is 59.7 Å². The molecule has 0 N–H and O–H groups in total. The fourth-order valence-electron chi connectivity index (χ4n) is 3.35. The first-order chi connectivity index (χ1) is 10.8. The third-order valence-corrected chi connectivity index (χ3v) is 4.66. The van der Waals surface area contributed by atoms with Gasteiger partial charge in [0.05, 0.1) is 0 Å². The number of fused-ring (bicyclic) bond motifs is 2. The largest absolute Gasteiger partial charge is 0.0654 e. The molecule has 0 saturated carbocycles. The van der Waals surface area contributed by atoms with E-state index in [1.807, 2.05) is 0 Å². The lowest BCUT2D eigenvalue weighted by molar-refractivity contribution is 0.798. The van der Waals surface area contributed by atoms with Crippen LogP contribution in [0.4, 0.5) is 0 Å². The van der Waals surface area contributed by atoms with E-state index in [0.29, 0.717) is 0 Å². The van der Waals surface area contributed by atoms with Crippen LogP contribution in [0, 0.1) is 0 Å². The zero-order valence-electron chi connectivity index (χ0n) is 13.9. The van der Waals surface area contributed by atoms with E-state index in [9.17, 15) is 0 Å². The minimum Gasteiger partial charge on any atom is -0.0654 e. The Morgan fingerprint density at radius 1 is 0.636 bits per heavy atom. The van der Waals surface area contributed by atoms with Gasteiger partial charge in [-0.25, -0.2) is 0 Å². The van der Waals surface area contributed by atoms with E-state index in [4.69, 9.17) is 0 Å². The molecule has 0 fully saturated rings. The van der Waals surface area contributed by atoms with Crippen LogP contribution in [0.3, 0.4) is 0 Å². The first kappa shape index (κ1) is 15.1. The van der Waals surface area contributed by atoms with Crippen LogP contribution in [0.1, 0.15) is 50.7 Å². The summed E-state index contributed by atoms with van der Waals surface area (Å²) in [5.41, 5.74) is 3.01. The van der Waals surface area contributed by atoms with Gasteiger partial charge in [0, 0.05) is 0 Å². The molecular weight excluding hydrogens is 264 g/mol. The molecule has 3 aromatic rings. The van der Waals surface area contributed by atoms with Crippen LogP contribution in [-0.2, 0) is 12.8 Å².